The number of hydrogen-bond donors (Lipinski definition) is 21. The summed E-state index contributed by atoms with van der Waals surface area (Å²) in [5.41, 5.74) is 12.5. The quantitative estimate of drug-likeness (QED) is 0.0238. The van der Waals surface area contributed by atoms with Crippen LogP contribution < -0.4 is 80.6 Å². The van der Waals surface area contributed by atoms with Crippen molar-refractivity contribution in [2.45, 2.75) is 230 Å². The fraction of sp³-hybridized carbons (Fsp3) is 0.544. The summed E-state index contributed by atoms with van der Waals surface area (Å²) in [5.74, 6) is -22.5. The number of aliphatic carboxylic acids is 4. The van der Waals surface area contributed by atoms with Crippen molar-refractivity contribution in [1.29, 1.82) is 0 Å². The maximum Gasteiger partial charge on any atom is 0.326 e. The van der Waals surface area contributed by atoms with Crippen LogP contribution in [-0.2, 0) is 106 Å². The van der Waals surface area contributed by atoms with Crippen molar-refractivity contribution in [1.82, 2.24) is 74.0 Å². The number of carboxylic acid groups (broad SMARTS) is 4. The molecule has 1 aliphatic rings. The SMILES string of the molecule is CC(C)C[C@H](NC(=O)[C@H](Cc1ccccc1)NC(=O)[C@H](CCC(=O)O)NC(=O)[C@@H](NC(=O)CNC(=O)[C@@H](NC(=O)[C@H](CC(=O)O)NC(=O)[C@@H]1CCCN1C(=O)[C@H](Cc1ccccc1)NC(=O)[C@H](CC(=O)O)NC(=O)[C@@H](NC(=O)[C@H](Cc1ccccc1)NC(=O)[C@@H](NC(=O)CN)C(C)C)[C@@H](C)O)[C@@H](C)O)C(C)C)C(=O)N[C@@H](CCCCN)C(=O)O. The molecular weight excluding hydrogens is 1560 g/mol. The first-order chi connectivity index (χ1) is 56.1. The second-order valence-electron chi connectivity index (χ2n) is 30.1. The highest BCUT2D eigenvalue weighted by Gasteiger charge is 2.43. The van der Waals surface area contributed by atoms with Crippen molar-refractivity contribution in [3.05, 3.63) is 108 Å². The summed E-state index contributed by atoms with van der Waals surface area (Å²) in [6, 6.07) is 3.07. The van der Waals surface area contributed by atoms with E-state index in [0.29, 0.717) is 29.5 Å². The first-order valence-electron chi connectivity index (χ1n) is 39.1. The van der Waals surface area contributed by atoms with E-state index in [1.54, 1.807) is 119 Å². The van der Waals surface area contributed by atoms with Gasteiger partial charge in [0.25, 0.3) is 0 Å². The minimum atomic E-state index is -2.07. The number of likely N-dealkylation sites (tertiary alicyclic amines) is 1. The first kappa shape index (κ1) is 99.3. The van der Waals surface area contributed by atoms with Crippen molar-refractivity contribution in [3.8, 4) is 0 Å². The number of aliphatic hydroxyl groups excluding tert-OH is 2. The van der Waals surface area contributed by atoms with E-state index in [2.05, 4.69) is 69.1 Å². The Labute approximate surface area is 687 Å². The van der Waals surface area contributed by atoms with E-state index < -0.39 is 248 Å². The molecule has 3 aromatic carbocycles. The lowest BCUT2D eigenvalue weighted by atomic mass is 9.99. The molecule has 23 N–H and O–H groups in total. The lowest BCUT2D eigenvalue weighted by Gasteiger charge is -2.31. The van der Waals surface area contributed by atoms with Crippen molar-refractivity contribution in [2.24, 2.45) is 29.2 Å². The zero-order valence-corrected chi connectivity index (χ0v) is 67.7. The second-order valence-corrected chi connectivity index (χ2v) is 30.1. The van der Waals surface area contributed by atoms with Crippen LogP contribution in [0.3, 0.4) is 0 Å². The molecule has 4 rings (SSSR count). The molecule has 654 valence electrons. The molecule has 0 aromatic heterocycles. The van der Waals surface area contributed by atoms with Gasteiger partial charge >= 0.3 is 23.9 Å². The van der Waals surface area contributed by atoms with Crippen LogP contribution in [0.15, 0.2) is 91.0 Å². The number of amides is 14. The highest BCUT2D eigenvalue weighted by atomic mass is 16.4. The maximum absolute atomic E-state index is 14.9. The summed E-state index contributed by atoms with van der Waals surface area (Å²) < 4.78 is 0. The van der Waals surface area contributed by atoms with Gasteiger partial charge in [-0.15, -0.1) is 0 Å². The predicted octanol–water partition coefficient (Wildman–Crippen LogP) is -4.25. The molecule has 1 saturated heterocycles. The number of rotatable bonds is 51. The summed E-state index contributed by atoms with van der Waals surface area (Å²) in [7, 11) is 0. The standard InChI is InChI=1S/C79H114N16O24/c1-41(2)33-51(68(107)84-50(79(118)119)27-18-19-31-80)85-69(108)52(34-46-21-12-9-13-22-46)86-67(106)49(29-30-60(100)101)83-75(114)64(43(5)6)92-59(99)40-82-74(113)65(44(7)96)93-72(111)55(38-62(104)105)87-73(112)57-28-20-32-95(57)78(117)56(36-48-25-16-11-17-26-48)90-70(109)54(37-61(102)103)89-77(116)66(45(8)97)94-71(110)53(35-47-23-14-10-15-24-47)88-76(115)63(42(3)4)91-58(98)39-81/h9-17,21-26,41-45,49-57,63-66,96-97H,18-20,27-40,80-81H2,1-8H3,(H,82,113)(H,83,114)(H,84,107)(H,85,108)(H,86,106)(H,87,112)(H,88,115)(H,89,116)(H,90,109)(H,91,98)(H,92,99)(H,93,111)(H,94,110)(H,100,101)(H,102,103)(H,104,105)(H,118,119)/t44-,45-,49+,50+,51+,52+,53+,54+,55+,56+,57+,63+,64+,65+,66+/m1/s1. The molecular formula is C79H114N16O24. The molecule has 3 aromatic rings. The normalized spacial score (nSPS) is 16.0. The number of hydrogen-bond acceptors (Lipinski definition) is 22. The van der Waals surface area contributed by atoms with Gasteiger partial charge in [0.05, 0.1) is 38.1 Å². The molecule has 0 spiro atoms. The molecule has 15 atom stereocenters. The zero-order valence-electron chi connectivity index (χ0n) is 67.7. The number of nitrogens with one attached hydrogen (secondary N) is 13. The summed E-state index contributed by atoms with van der Waals surface area (Å²) in [6.07, 6.45) is -7.07. The summed E-state index contributed by atoms with van der Waals surface area (Å²) >= 11 is 0. The van der Waals surface area contributed by atoms with E-state index >= 15 is 0 Å². The molecule has 119 heavy (non-hydrogen) atoms. The molecule has 14 amide bonds. The Kier molecular flexibility index (Phi) is 41.6. The highest BCUT2D eigenvalue weighted by molar-refractivity contribution is 6.01. The van der Waals surface area contributed by atoms with Crippen LogP contribution in [0.2, 0.25) is 0 Å². The van der Waals surface area contributed by atoms with Gasteiger partial charge in [0, 0.05) is 32.2 Å². The Balaban J connectivity index is 1.52. The molecule has 1 fully saturated rings. The molecule has 0 bridgehead atoms. The van der Waals surface area contributed by atoms with E-state index in [1.165, 1.54) is 13.8 Å². The average Bonchev–Trinajstić information content (AvgIpc) is 1.74. The van der Waals surface area contributed by atoms with Crippen LogP contribution in [0.4, 0.5) is 0 Å². The molecule has 0 radical (unpaired) electrons. The molecule has 40 heteroatoms. The van der Waals surface area contributed by atoms with Gasteiger partial charge in [-0.05, 0) is 99.8 Å². The largest absolute Gasteiger partial charge is 0.481 e. The van der Waals surface area contributed by atoms with Gasteiger partial charge in [-0.3, -0.25) is 81.5 Å². The van der Waals surface area contributed by atoms with Gasteiger partial charge in [-0.2, -0.15) is 0 Å². The Morgan fingerprint density at radius 2 is 0.790 bits per heavy atom. The van der Waals surface area contributed by atoms with Crippen LogP contribution in [0, 0.1) is 17.8 Å². The number of aliphatic hydroxyl groups is 2. The van der Waals surface area contributed by atoms with Gasteiger partial charge in [0.2, 0.25) is 82.7 Å². The third-order valence-corrected chi connectivity index (χ3v) is 19.0. The van der Waals surface area contributed by atoms with Crippen LogP contribution in [0.5, 0.6) is 0 Å². The van der Waals surface area contributed by atoms with Crippen molar-refractivity contribution >= 4 is 107 Å². The van der Waals surface area contributed by atoms with Crippen LogP contribution in [0.25, 0.3) is 0 Å². The Morgan fingerprint density at radius 1 is 0.403 bits per heavy atom. The topological polar surface area (TPSA) is 640 Å². The number of carbonyl (C=O) groups is 18. The monoisotopic (exact) mass is 1670 g/mol. The van der Waals surface area contributed by atoms with Gasteiger partial charge in [-0.25, -0.2) is 4.79 Å². The van der Waals surface area contributed by atoms with Gasteiger partial charge in [-0.1, -0.05) is 133 Å². The highest BCUT2D eigenvalue weighted by Crippen LogP contribution is 2.22. The minimum absolute atomic E-state index is 0.0210. The van der Waals surface area contributed by atoms with Crippen LogP contribution in [0.1, 0.15) is 136 Å². The van der Waals surface area contributed by atoms with Crippen LogP contribution >= 0.6 is 0 Å². The average molecular weight is 1670 g/mol. The van der Waals surface area contributed by atoms with Gasteiger partial charge in [0.1, 0.15) is 78.5 Å². The van der Waals surface area contributed by atoms with E-state index in [1.807, 2.05) is 0 Å². The number of benzene rings is 3. The van der Waals surface area contributed by atoms with Crippen molar-refractivity contribution in [2.75, 3.05) is 26.2 Å². The third-order valence-electron chi connectivity index (χ3n) is 19.0. The fourth-order valence-electron chi connectivity index (χ4n) is 12.7. The van der Waals surface area contributed by atoms with Crippen molar-refractivity contribution in [3.63, 3.8) is 0 Å². The van der Waals surface area contributed by atoms with E-state index in [9.17, 15) is 117 Å². The smallest absolute Gasteiger partial charge is 0.326 e. The third kappa shape index (κ3) is 34.2. The number of nitrogens with two attached hydrogens (primary N) is 2. The molecule has 1 aliphatic heterocycles. The van der Waals surface area contributed by atoms with Gasteiger partial charge < -0.3 is 116 Å². The molecule has 0 aliphatic carbocycles. The van der Waals surface area contributed by atoms with E-state index in [0.717, 1.165) is 18.7 Å². The lowest BCUT2D eigenvalue weighted by Crippen LogP contribution is -2.62. The zero-order chi connectivity index (χ0) is 88.9. The molecule has 1 heterocycles. The number of nitrogens with zero attached hydrogens (tertiary/aromatic N) is 1. The Hall–Kier alpha value is -12.0. The molecule has 0 unspecified atom stereocenters. The minimum Gasteiger partial charge on any atom is -0.481 e. The number of carbonyl (C=O) groups excluding carboxylic acids is 14. The first-order valence-corrected chi connectivity index (χ1v) is 39.1. The van der Waals surface area contributed by atoms with Crippen molar-refractivity contribution < 1.29 is 117 Å². The fourth-order valence-corrected chi connectivity index (χ4v) is 12.7. The summed E-state index contributed by atoms with van der Waals surface area (Å²) in [4.78, 5) is 246. The Morgan fingerprint density at radius 3 is 1.24 bits per heavy atom. The van der Waals surface area contributed by atoms with Gasteiger partial charge in [0.15, 0.2) is 0 Å². The summed E-state index contributed by atoms with van der Waals surface area (Å²) in [6.45, 7) is 10.4. The van der Waals surface area contributed by atoms with E-state index in [-0.39, 0.29) is 64.0 Å². The van der Waals surface area contributed by atoms with Crippen LogP contribution in [-0.4, -0.2) is 259 Å². The number of unbranched alkanes of at least 4 members (excludes halogenated alkanes) is 1. The maximum atomic E-state index is 14.9. The number of carboxylic acids is 4. The second kappa shape index (κ2) is 49.9. The Bertz CT molecular complexity index is 3990. The van der Waals surface area contributed by atoms with E-state index in [4.69, 9.17) is 11.5 Å². The predicted molar refractivity (Wildman–Crippen MR) is 425 cm³/mol. The molecule has 0 saturated carbocycles. The lowest BCUT2D eigenvalue weighted by molar-refractivity contribution is -0.145. The molecule has 40 nitrogen and oxygen atoms in total. The summed E-state index contributed by atoms with van der Waals surface area (Å²) in [5, 5.41) is 92.7.